The number of pyridine rings is 1. The fraction of sp³-hybridized carbons (Fsp3) is 0.368. The van der Waals surface area contributed by atoms with Gasteiger partial charge in [0, 0.05) is 43.2 Å². The molecule has 0 radical (unpaired) electrons. The third kappa shape index (κ3) is 3.19. The molecule has 1 aliphatic rings. The van der Waals surface area contributed by atoms with E-state index in [0.29, 0.717) is 6.42 Å². The summed E-state index contributed by atoms with van der Waals surface area (Å²) < 4.78 is 0. The van der Waals surface area contributed by atoms with Crippen LogP contribution in [0.15, 0.2) is 54.7 Å². The highest BCUT2D eigenvalue weighted by Crippen LogP contribution is 2.34. The summed E-state index contributed by atoms with van der Waals surface area (Å²) in [6.45, 7) is 3.81. The van der Waals surface area contributed by atoms with Gasteiger partial charge in [-0.2, -0.15) is 0 Å². The maximum absolute atomic E-state index is 12.2. The van der Waals surface area contributed by atoms with E-state index in [9.17, 15) is 4.79 Å². The number of nitrogens with zero attached hydrogens (tertiary/aromatic N) is 2. The van der Waals surface area contributed by atoms with Crippen molar-refractivity contribution in [3.8, 4) is 0 Å². The van der Waals surface area contributed by atoms with Gasteiger partial charge in [0.05, 0.1) is 0 Å². The SMILES string of the molecule is CC1(c2ccccc2)CCC(=O)N(CCc2ccccn2)C1. The van der Waals surface area contributed by atoms with E-state index in [1.807, 2.05) is 29.2 Å². The fourth-order valence-electron chi connectivity index (χ4n) is 3.20. The Kier molecular flexibility index (Phi) is 4.23. The maximum Gasteiger partial charge on any atom is 0.222 e. The van der Waals surface area contributed by atoms with Crippen LogP contribution in [0.1, 0.15) is 31.0 Å². The molecule has 2 heterocycles. The molecular formula is C19H22N2O. The Morgan fingerprint density at radius 1 is 1.14 bits per heavy atom. The molecule has 1 aromatic heterocycles. The average molecular weight is 294 g/mol. The van der Waals surface area contributed by atoms with Gasteiger partial charge in [0.2, 0.25) is 5.91 Å². The fourth-order valence-corrected chi connectivity index (χ4v) is 3.20. The van der Waals surface area contributed by atoms with Crippen LogP contribution in [0, 0.1) is 0 Å². The van der Waals surface area contributed by atoms with Crippen LogP contribution >= 0.6 is 0 Å². The van der Waals surface area contributed by atoms with Crippen LogP contribution in [-0.4, -0.2) is 28.9 Å². The monoisotopic (exact) mass is 294 g/mol. The second-order valence-corrected chi connectivity index (χ2v) is 6.31. The Bertz CT molecular complexity index is 626. The highest BCUT2D eigenvalue weighted by Gasteiger charge is 2.35. The second-order valence-electron chi connectivity index (χ2n) is 6.31. The average Bonchev–Trinajstić information content (AvgIpc) is 2.58. The van der Waals surface area contributed by atoms with Gasteiger partial charge in [0.1, 0.15) is 0 Å². The molecule has 1 saturated heterocycles. The van der Waals surface area contributed by atoms with Crippen molar-refractivity contribution in [3.05, 3.63) is 66.0 Å². The number of aromatic nitrogens is 1. The lowest BCUT2D eigenvalue weighted by Crippen LogP contribution is -2.48. The van der Waals surface area contributed by atoms with Crippen LogP contribution in [0.25, 0.3) is 0 Å². The van der Waals surface area contributed by atoms with Gasteiger partial charge in [-0.1, -0.05) is 43.3 Å². The molecule has 3 nitrogen and oxygen atoms in total. The molecule has 0 saturated carbocycles. The van der Waals surface area contributed by atoms with E-state index < -0.39 is 0 Å². The van der Waals surface area contributed by atoms with E-state index in [4.69, 9.17) is 0 Å². The molecule has 3 rings (SSSR count). The van der Waals surface area contributed by atoms with Gasteiger partial charge < -0.3 is 4.90 Å². The van der Waals surface area contributed by atoms with E-state index in [1.54, 1.807) is 6.20 Å². The van der Waals surface area contributed by atoms with Crippen molar-refractivity contribution in [1.82, 2.24) is 9.88 Å². The largest absolute Gasteiger partial charge is 0.341 e. The molecule has 1 aromatic carbocycles. The summed E-state index contributed by atoms with van der Waals surface area (Å²) in [6.07, 6.45) is 4.18. The molecular weight excluding hydrogens is 272 g/mol. The normalized spacial score (nSPS) is 21.9. The van der Waals surface area contributed by atoms with Crippen LogP contribution in [0.4, 0.5) is 0 Å². The number of amides is 1. The van der Waals surface area contributed by atoms with Gasteiger partial charge in [0.15, 0.2) is 0 Å². The molecule has 3 heteroatoms. The highest BCUT2D eigenvalue weighted by atomic mass is 16.2. The number of hydrogen-bond acceptors (Lipinski definition) is 2. The maximum atomic E-state index is 12.2. The third-order valence-electron chi connectivity index (χ3n) is 4.62. The number of carbonyl (C=O) groups excluding carboxylic acids is 1. The molecule has 0 aliphatic carbocycles. The van der Waals surface area contributed by atoms with Crippen molar-refractivity contribution in [2.24, 2.45) is 0 Å². The molecule has 1 atom stereocenters. The zero-order valence-corrected chi connectivity index (χ0v) is 13.0. The number of piperidine rings is 1. The molecule has 1 fully saturated rings. The summed E-state index contributed by atoms with van der Waals surface area (Å²) in [5.41, 5.74) is 2.42. The summed E-state index contributed by atoms with van der Waals surface area (Å²) in [7, 11) is 0. The molecule has 0 spiro atoms. The van der Waals surface area contributed by atoms with E-state index >= 15 is 0 Å². The molecule has 22 heavy (non-hydrogen) atoms. The Balaban J connectivity index is 1.70. The first-order chi connectivity index (χ1) is 10.7. The quantitative estimate of drug-likeness (QED) is 0.867. The van der Waals surface area contributed by atoms with E-state index in [2.05, 4.69) is 36.2 Å². The Hall–Kier alpha value is -2.16. The number of rotatable bonds is 4. The number of carbonyl (C=O) groups is 1. The van der Waals surface area contributed by atoms with E-state index in [1.165, 1.54) is 5.56 Å². The summed E-state index contributed by atoms with van der Waals surface area (Å²) in [5, 5.41) is 0. The molecule has 1 amide bonds. The van der Waals surface area contributed by atoms with Crippen LogP contribution in [-0.2, 0) is 16.6 Å². The van der Waals surface area contributed by atoms with Gasteiger partial charge in [-0.05, 0) is 24.1 Å². The number of benzene rings is 1. The minimum absolute atomic E-state index is 0.0548. The van der Waals surface area contributed by atoms with Gasteiger partial charge >= 0.3 is 0 Å². The van der Waals surface area contributed by atoms with Gasteiger partial charge in [-0.3, -0.25) is 9.78 Å². The minimum Gasteiger partial charge on any atom is -0.341 e. The number of likely N-dealkylation sites (tertiary alicyclic amines) is 1. The topological polar surface area (TPSA) is 33.2 Å². The van der Waals surface area contributed by atoms with Crippen molar-refractivity contribution < 1.29 is 4.79 Å². The van der Waals surface area contributed by atoms with Gasteiger partial charge in [-0.15, -0.1) is 0 Å². The molecule has 2 aromatic rings. The molecule has 1 unspecified atom stereocenters. The van der Waals surface area contributed by atoms with Gasteiger partial charge in [0.25, 0.3) is 0 Å². The predicted molar refractivity (Wildman–Crippen MR) is 87.5 cm³/mol. The Labute approximate surface area is 132 Å². The standard InChI is InChI=1S/C19H22N2O/c1-19(16-7-3-2-4-8-16)12-10-18(22)21(15-19)14-11-17-9-5-6-13-20-17/h2-9,13H,10-12,14-15H2,1H3. The number of hydrogen-bond donors (Lipinski definition) is 0. The molecule has 114 valence electrons. The summed E-state index contributed by atoms with van der Waals surface area (Å²) in [6, 6.07) is 16.5. The van der Waals surface area contributed by atoms with Gasteiger partial charge in [-0.25, -0.2) is 0 Å². The van der Waals surface area contributed by atoms with Crippen molar-refractivity contribution in [3.63, 3.8) is 0 Å². The molecule has 1 aliphatic heterocycles. The Morgan fingerprint density at radius 3 is 2.64 bits per heavy atom. The highest BCUT2D eigenvalue weighted by molar-refractivity contribution is 5.77. The van der Waals surface area contributed by atoms with Crippen LogP contribution in [0.2, 0.25) is 0 Å². The smallest absolute Gasteiger partial charge is 0.222 e. The van der Waals surface area contributed by atoms with Crippen LogP contribution in [0.5, 0.6) is 0 Å². The van der Waals surface area contributed by atoms with Crippen molar-refractivity contribution in [2.45, 2.75) is 31.6 Å². The zero-order chi connectivity index (χ0) is 15.4. The van der Waals surface area contributed by atoms with Crippen LogP contribution < -0.4 is 0 Å². The van der Waals surface area contributed by atoms with Crippen molar-refractivity contribution >= 4 is 5.91 Å². The van der Waals surface area contributed by atoms with Crippen molar-refractivity contribution in [1.29, 1.82) is 0 Å². The first-order valence-corrected chi connectivity index (χ1v) is 7.91. The van der Waals surface area contributed by atoms with E-state index in [0.717, 1.165) is 31.6 Å². The van der Waals surface area contributed by atoms with Crippen molar-refractivity contribution in [2.75, 3.05) is 13.1 Å². The summed E-state index contributed by atoms with van der Waals surface area (Å²) in [4.78, 5) is 18.6. The zero-order valence-electron chi connectivity index (χ0n) is 13.0. The summed E-state index contributed by atoms with van der Waals surface area (Å²) >= 11 is 0. The van der Waals surface area contributed by atoms with E-state index in [-0.39, 0.29) is 11.3 Å². The third-order valence-corrected chi connectivity index (χ3v) is 4.62. The molecule has 0 bridgehead atoms. The lowest BCUT2D eigenvalue weighted by molar-refractivity contribution is -0.135. The lowest BCUT2D eigenvalue weighted by Gasteiger charge is -2.40. The Morgan fingerprint density at radius 2 is 1.91 bits per heavy atom. The first kappa shape index (κ1) is 14.8. The van der Waals surface area contributed by atoms with Crippen LogP contribution in [0.3, 0.4) is 0 Å². The minimum atomic E-state index is 0.0548. The predicted octanol–water partition coefficient (Wildman–Crippen LogP) is 3.20. The second kappa shape index (κ2) is 6.30. The first-order valence-electron chi connectivity index (χ1n) is 7.91. The summed E-state index contributed by atoms with van der Waals surface area (Å²) in [5.74, 6) is 0.268. The lowest BCUT2D eigenvalue weighted by atomic mass is 9.75. The molecule has 0 N–H and O–H groups in total.